The van der Waals surface area contributed by atoms with E-state index in [0.29, 0.717) is 22.1 Å². The summed E-state index contributed by atoms with van der Waals surface area (Å²) in [7, 11) is 0. The van der Waals surface area contributed by atoms with Crippen molar-refractivity contribution in [3.05, 3.63) is 91.6 Å². The number of para-hydroxylation sites is 1. The second kappa shape index (κ2) is 7.49. The van der Waals surface area contributed by atoms with Crippen LogP contribution in [0.1, 0.15) is 12.5 Å². The number of aromatic amines is 1. The summed E-state index contributed by atoms with van der Waals surface area (Å²) in [6.07, 6.45) is 1.23. The zero-order valence-electron chi connectivity index (χ0n) is 15.7. The summed E-state index contributed by atoms with van der Waals surface area (Å²) >= 11 is 5.87. The van der Waals surface area contributed by atoms with Crippen LogP contribution in [-0.4, -0.2) is 26.3 Å². The van der Waals surface area contributed by atoms with Crippen LogP contribution in [0.2, 0.25) is 5.02 Å². The third-order valence-electron chi connectivity index (χ3n) is 4.56. The number of aromatic nitrogens is 2. The van der Waals surface area contributed by atoms with Crippen molar-refractivity contribution in [1.29, 1.82) is 0 Å². The summed E-state index contributed by atoms with van der Waals surface area (Å²) in [4.78, 5) is 39.7. The molecular weight excluding hydrogens is 408 g/mol. The molecule has 0 atom stereocenters. The Balaban J connectivity index is 1.83. The van der Waals surface area contributed by atoms with Crippen molar-refractivity contribution < 1.29 is 9.90 Å². The Morgan fingerprint density at radius 3 is 2.33 bits per heavy atom. The van der Waals surface area contributed by atoms with Gasteiger partial charge in [0.15, 0.2) is 0 Å². The molecule has 8 nitrogen and oxygen atoms in total. The van der Waals surface area contributed by atoms with Crippen LogP contribution >= 0.6 is 11.6 Å². The van der Waals surface area contributed by atoms with Gasteiger partial charge in [0.05, 0.1) is 22.7 Å². The Labute approximate surface area is 175 Å². The monoisotopic (exact) mass is 422 g/mol. The highest BCUT2D eigenvalue weighted by Crippen LogP contribution is 2.26. The maximum atomic E-state index is 12.9. The van der Waals surface area contributed by atoms with E-state index in [1.807, 2.05) is 6.07 Å². The van der Waals surface area contributed by atoms with E-state index in [0.717, 1.165) is 4.57 Å². The van der Waals surface area contributed by atoms with Crippen LogP contribution in [0.3, 0.4) is 0 Å². The number of hydrazone groups is 1. The van der Waals surface area contributed by atoms with Crippen molar-refractivity contribution >= 4 is 35.0 Å². The van der Waals surface area contributed by atoms with Gasteiger partial charge in [-0.15, -0.1) is 0 Å². The number of hydrogen-bond acceptors (Lipinski definition) is 5. The van der Waals surface area contributed by atoms with Gasteiger partial charge >= 0.3 is 5.69 Å². The fraction of sp³-hybridized carbons (Fsp3) is 0.0476. The lowest BCUT2D eigenvalue weighted by atomic mass is 10.1. The minimum Gasteiger partial charge on any atom is -0.494 e. The highest BCUT2D eigenvalue weighted by molar-refractivity contribution is 6.32. The van der Waals surface area contributed by atoms with E-state index < -0.39 is 23.0 Å². The summed E-state index contributed by atoms with van der Waals surface area (Å²) in [5.41, 5.74) is -0.531. The van der Waals surface area contributed by atoms with Gasteiger partial charge in [-0.2, -0.15) is 10.1 Å². The number of carbonyl (C=O) groups excluding carboxylic acids is 1. The van der Waals surface area contributed by atoms with Gasteiger partial charge < -0.3 is 5.11 Å². The van der Waals surface area contributed by atoms with Crippen molar-refractivity contribution in [1.82, 2.24) is 9.55 Å². The fourth-order valence-corrected chi connectivity index (χ4v) is 3.20. The molecule has 1 aliphatic rings. The second-order valence-electron chi connectivity index (χ2n) is 6.50. The Hall–Kier alpha value is -3.91. The fourth-order valence-electron chi connectivity index (χ4n) is 3.07. The Bertz CT molecular complexity index is 1320. The molecule has 4 rings (SSSR count). The lowest BCUT2D eigenvalue weighted by Crippen LogP contribution is -2.30. The van der Waals surface area contributed by atoms with Crippen molar-refractivity contribution in [2.45, 2.75) is 6.92 Å². The number of carbonyl (C=O) groups is 1. The molecule has 0 unspecified atom stereocenters. The highest BCUT2D eigenvalue weighted by Gasteiger charge is 2.29. The molecule has 0 bridgehead atoms. The summed E-state index contributed by atoms with van der Waals surface area (Å²) in [6, 6.07) is 14.9. The van der Waals surface area contributed by atoms with Gasteiger partial charge in [-0.05, 0) is 49.4 Å². The normalized spacial score (nSPS) is 15.0. The lowest BCUT2D eigenvalue weighted by molar-refractivity contribution is -0.114. The van der Waals surface area contributed by atoms with E-state index in [2.05, 4.69) is 10.1 Å². The van der Waals surface area contributed by atoms with Crippen LogP contribution in [0.4, 0.5) is 5.69 Å². The molecule has 0 spiro atoms. The van der Waals surface area contributed by atoms with E-state index in [9.17, 15) is 19.5 Å². The smallest absolute Gasteiger partial charge is 0.335 e. The van der Waals surface area contributed by atoms with E-state index in [1.165, 1.54) is 23.2 Å². The van der Waals surface area contributed by atoms with Crippen molar-refractivity contribution in [3.8, 4) is 11.6 Å². The van der Waals surface area contributed by atoms with Crippen LogP contribution in [0.25, 0.3) is 11.8 Å². The molecule has 30 heavy (non-hydrogen) atoms. The average molecular weight is 423 g/mol. The van der Waals surface area contributed by atoms with E-state index in [1.54, 1.807) is 43.3 Å². The molecule has 1 aromatic heterocycles. The van der Waals surface area contributed by atoms with Gasteiger partial charge in [0, 0.05) is 5.02 Å². The molecule has 2 aromatic carbocycles. The molecule has 150 valence electrons. The number of aromatic hydroxyl groups is 1. The molecule has 0 fully saturated rings. The minimum atomic E-state index is -0.825. The third kappa shape index (κ3) is 3.33. The molecule has 1 amide bonds. The standard InChI is InChI=1S/C21H15ClN4O4/c1-12-16(20(29)26(24-12)15-5-3-2-4-6-15)11-17-18(27)23-21(30)25(19(17)28)14-9-7-13(22)8-10-14/h2-11,28H,1H3,(H,23,27,30)/b16-11-. The van der Waals surface area contributed by atoms with Crippen molar-refractivity contribution in [2.24, 2.45) is 5.10 Å². The number of nitrogens with one attached hydrogen (secondary N) is 1. The first-order valence-corrected chi connectivity index (χ1v) is 9.25. The largest absolute Gasteiger partial charge is 0.494 e. The quantitative estimate of drug-likeness (QED) is 0.632. The third-order valence-corrected chi connectivity index (χ3v) is 4.81. The number of amides is 1. The van der Waals surface area contributed by atoms with Gasteiger partial charge in [0.25, 0.3) is 11.5 Å². The molecule has 2 N–H and O–H groups in total. The molecule has 1 aliphatic heterocycles. The van der Waals surface area contributed by atoms with Crippen LogP contribution in [0.15, 0.2) is 74.9 Å². The summed E-state index contributed by atoms with van der Waals surface area (Å²) in [6.45, 7) is 1.62. The van der Waals surface area contributed by atoms with Crippen LogP contribution in [0, 0.1) is 0 Å². The number of benzene rings is 2. The second-order valence-corrected chi connectivity index (χ2v) is 6.94. The summed E-state index contributed by atoms with van der Waals surface area (Å²) in [5, 5.41) is 16.6. The maximum Gasteiger partial charge on any atom is 0.335 e. The molecule has 0 radical (unpaired) electrons. The van der Waals surface area contributed by atoms with Crippen LogP contribution in [-0.2, 0) is 4.79 Å². The molecule has 2 heterocycles. The van der Waals surface area contributed by atoms with Gasteiger partial charge in [0.1, 0.15) is 5.56 Å². The van der Waals surface area contributed by atoms with E-state index in [-0.39, 0.29) is 11.1 Å². The minimum absolute atomic E-state index is 0.126. The molecule has 0 aliphatic carbocycles. The van der Waals surface area contributed by atoms with Gasteiger partial charge in [0.2, 0.25) is 5.88 Å². The van der Waals surface area contributed by atoms with E-state index in [4.69, 9.17) is 11.6 Å². The first-order valence-electron chi connectivity index (χ1n) is 8.88. The molecule has 0 saturated carbocycles. The average Bonchev–Trinajstić information content (AvgIpc) is 3.01. The number of H-pyrrole nitrogens is 1. The van der Waals surface area contributed by atoms with Gasteiger partial charge in [-0.3, -0.25) is 14.6 Å². The first-order chi connectivity index (χ1) is 14.4. The number of halogens is 1. The molecular formula is C21H15ClN4O4. The van der Waals surface area contributed by atoms with Gasteiger partial charge in [-0.25, -0.2) is 9.36 Å². The molecule has 9 heteroatoms. The highest BCUT2D eigenvalue weighted by atomic mass is 35.5. The Kier molecular flexibility index (Phi) is 4.85. The molecule has 3 aromatic rings. The topological polar surface area (TPSA) is 108 Å². The predicted octanol–water partition coefficient (Wildman–Crippen LogP) is 2.69. The number of hydrogen-bond donors (Lipinski definition) is 2. The first kappa shape index (κ1) is 19.4. The number of nitrogens with zero attached hydrogens (tertiary/aromatic N) is 3. The maximum absolute atomic E-state index is 12.9. The van der Waals surface area contributed by atoms with Gasteiger partial charge in [-0.1, -0.05) is 29.8 Å². The number of rotatable bonds is 3. The van der Waals surface area contributed by atoms with Crippen molar-refractivity contribution in [3.63, 3.8) is 0 Å². The SMILES string of the molecule is CC1=NN(c2ccccc2)C(=O)/C1=C\c1c(O)n(-c2ccc(Cl)cc2)c(=O)[nH]c1=O. The Morgan fingerprint density at radius 2 is 1.67 bits per heavy atom. The Morgan fingerprint density at radius 1 is 1.00 bits per heavy atom. The summed E-state index contributed by atoms with van der Waals surface area (Å²) in [5.74, 6) is -1.06. The van der Waals surface area contributed by atoms with Crippen LogP contribution in [0.5, 0.6) is 5.88 Å². The number of anilines is 1. The predicted molar refractivity (Wildman–Crippen MR) is 114 cm³/mol. The summed E-state index contributed by atoms with van der Waals surface area (Å²) < 4.78 is 0.922. The molecule has 0 saturated heterocycles. The zero-order chi connectivity index (χ0) is 21.4. The lowest BCUT2D eigenvalue weighted by Gasteiger charge is -2.12. The van der Waals surface area contributed by atoms with Crippen molar-refractivity contribution in [2.75, 3.05) is 5.01 Å². The zero-order valence-corrected chi connectivity index (χ0v) is 16.4. The van der Waals surface area contributed by atoms with E-state index >= 15 is 0 Å². The van der Waals surface area contributed by atoms with Crippen LogP contribution < -0.4 is 16.3 Å².